The molecule has 0 bridgehead atoms. The van der Waals surface area contributed by atoms with Crippen LogP contribution in [0.3, 0.4) is 0 Å². The van der Waals surface area contributed by atoms with Crippen molar-refractivity contribution in [1.82, 2.24) is 4.98 Å². The van der Waals surface area contributed by atoms with Crippen LogP contribution in [-0.4, -0.2) is 11.0 Å². The number of halogens is 2. The summed E-state index contributed by atoms with van der Waals surface area (Å²) in [6, 6.07) is 12.0. The molecule has 2 aromatic rings. The number of nitrogens with two attached hydrogens (primary N) is 1. The van der Waals surface area contributed by atoms with Crippen LogP contribution in [0, 0.1) is 0 Å². The molecule has 0 amide bonds. The summed E-state index contributed by atoms with van der Waals surface area (Å²) in [5, 5.41) is 4.12. The molecule has 4 nitrogen and oxygen atoms in total. The summed E-state index contributed by atoms with van der Waals surface area (Å²) in [5.74, 6) is 6.31. The highest BCUT2D eigenvalue weighted by Gasteiger charge is 2.11. The third kappa shape index (κ3) is 3.76. The van der Waals surface area contributed by atoms with Crippen LogP contribution < -0.4 is 16.6 Å². The second-order valence-electron chi connectivity index (χ2n) is 4.53. The maximum absolute atomic E-state index is 6.13. The molecule has 1 aromatic carbocycles. The van der Waals surface area contributed by atoms with Crippen LogP contribution in [0.4, 0.5) is 11.6 Å². The van der Waals surface area contributed by atoms with Crippen molar-refractivity contribution in [1.29, 1.82) is 0 Å². The summed E-state index contributed by atoms with van der Waals surface area (Å²) < 4.78 is 0. The summed E-state index contributed by atoms with van der Waals surface area (Å²) in [4.78, 5) is 4.26. The van der Waals surface area contributed by atoms with E-state index >= 15 is 0 Å². The Bertz CT molecular complexity index is 575. The van der Waals surface area contributed by atoms with Gasteiger partial charge in [-0.05, 0) is 25.0 Å². The molecule has 1 aromatic heterocycles. The average molecular weight is 311 g/mol. The van der Waals surface area contributed by atoms with Crippen molar-refractivity contribution >= 4 is 34.8 Å². The van der Waals surface area contributed by atoms with E-state index in [9.17, 15) is 0 Å². The Hall–Kier alpha value is -1.49. The van der Waals surface area contributed by atoms with Crippen molar-refractivity contribution in [3.63, 3.8) is 0 Å². The minimum atomic E-state index is 0.175. The second-order valence-corrected chi connectivity index (χ2v) is 5.34. The van der Waals surface area contributed by atoms with Crippen LogP contribution in [0.25, 0.3) is 0 Å². The number of pyridine rings is 1. The Morgan fingerprint density at radius 3 is 2.45 bits per heavy atom. The molecule has 20 heavy (non-hydrogen) atoms. The highest BCUT2D eigenvalue weighted by Crippen LogP contribution is 2.29. The van der Waals surface area contributed by atoms with Crippen molar-refractivity contribution in [3.05, 3.63) is 52.0 Å². The van der Waals surface area contributed by atoms with Gasteiger partial charge in [-0.25, -0.2) is 10.8 Å². The molecule has 2 rings (SSSR count). The average Bonchev–Trinajstić information content (AvgIpc) is 2.43. The highest BCUT2D eigenvalue weighted by molar-refractivity contribution is 6.37. The van der Waals surface area contributed by atoms with Gasteiger partial charge < -0.3 is 10.7 Å². The molecule has 1 unspecified atom stereocenters. The summed E-state index contributed by atoms with van der Waals surface area (Å²) in [7, 11) is 0. The Kier molecular flexibility index (Phi) is 5.06. The minimum absolute atomic E-state index is 0.175. The number of aromatic nitrogens is 1. The van der Waals surface area contributed by atoms with Gasteiger partial charge in [0.05, 0.1) is 10.0 Å². The molecule has 0 aliphatic carbocycles. The molecular formula is C14H16Cl2N4. The molecule has 4 N–H and O–H groups in total. The lowest BCUT2D eigenvalue weighted by Crippen LogP contribution is -2.20. The van der Waals surface area contributed by atoms with Gasteiger partial charge in [-0.15, -0.1) is 0 Å². The number of anilines is 2. The third-order valence-corrected chi connectivity index (χ3v) is 3.41. The van der Waals surface area contributed by atoms with Gasteiger partial charge in [0, 0.05) is 6.04 Å². The zero-order chi connectivity index (χ0) is 14.5. The Balaban J connectivity index is 2.09. The normalized spacial score (nSPS) is 12.0. The topological polar surface area (TPSA) is 63.0 Å². The largest absolute Gasteiger partial charge is 0.366 e. The first-order chi connectivity index (χ1) is 9.60. The Morgan fingerprint density at radius 1 is 1.15 bits per heavy atom. The molecule has 1 heterocycles. The number of nitrogen functional groups attached to an aromatic ring is 1. The molecule has 0 spiro atoms. The molecule has 0 aliphatic heterocycles. The van der Waals surface area contributed by atoms with Gasteiger partial charge in [-0.3, -0.25) is 0 Å². The first-order valence-corrected chi connectivity index (χ1v) is 6.99. The van der Waals surface area contributed by atoms with E-state index in [1.165, 1.54) is 5.56 Å². The van der Waals surface area contributed by atoms with E-state index in [2.05, 4.69) is 34.8 Å². The number of hydrogen-bond donors (Lipinski definition) is 3. The van der Waals surface area contributed by atoms with Crippen molar-refractivity contribution < 1.29 is 0 Å². The molecule has 0 saturated heterocycles. The van der Waals surface area contributed by atoms with Gasteiger partial charge in [0.25, 0.3) is 0 Å². The smallest absolute Gasteiger partial charge is 0.161 e. The summed E-state index contributed by atoms with van der Waals surface area (Å²) in [6.45, 7) is 2.06. The number of rotatable bonds is 5. The van der Waals surface area contributed by atoms with Crippen LogP contribution in [0.5, 0.6) is 0 Å². The second kappa shape index (κ2) is 6.79. The lowest BCUT2D eigenvalue weighted by atomic mass is 10.1. The van der Waals surface area contributed by atoms with E-state index in [1.54, 1.807) is 6.07 Å². The predicted molar refractivity (Wildman–Crippen MR) is 85.3 cm³/mol. The lowest BCUT2D eigenvalue weighted by molar-refractivity contribution is 0.785. The van der Waals surface area contributed by atoms with Gasteiger partial charge in [0.15, 0.2) is 5.82 Å². The summed E-state index contributed by atoms with van der Waals surface area (Å²) in [6.07, 6.45) is 0.868. The quantitative estimate of drug-likeness (QED) is 0.582. The highest BCUT2D eigenvalue weighted by atomic mass is 35.5. The summed E-state index contributed by atoms with van der Waals surface area (Å²) in [5.41, 5.74) is 3.69. The van der Waals surface area contributed by atoms with Crippen LogP contribution in [0.15, 0.2) is 36.4 Å². The molecule has 0 fully saturated rings. The fraction of sp³-hybridized carbons (Fsp3) is 0.214. The number of hydrazine groups is 1. The zero-order valence-electron chi connectivity index (χ0n) is 11.0. The van der Waals surface area contributed by atoms with Crippen LogP contribution in [-0.2, 0) is 6.42 Å². The van der Waals surface area contributed by atoms with Gasteiger partial charge in [-0.1, -0.05) is 53.5 Å². The van der Waals surface area contributed by atoms with Crippen LogP contribution in [0.2, 0.25) is 10.0 Å². The Labute approximate surface area is 128 Å². The van der Waals surface area contributed by atoms with Crippen molar-refractivity contribution in [2.75, 3.05) is 10.7 Å². The van der Waals surface area contributed by atoms with Gasteiger partial charge in [0.1, 0.15) is 5.82 Å². The van der Waals surface area contributed by atoms with Crippen molar-refractivity contribution in [2.24, 2.45) is 5.84 Å². The van der Waals surface area contributed by atoms with Gasteiger partial charge in [-0.2, -0.15) is 0 Å². The van der Waals surface area contributed by atoms with E-state index in [1.807, 2.05) is 18.2 Å². The molecule has 0 aliphatic rings. The Morgan fingerprint density at radius 2 is 1.80 bits per heavy atom. The van der Waals surface area contributed by atoms with Crippen molar-refractivity contribution in [2.45, 2.75) is 19.4 Å². The predicted octanol–water partition coefficient (Wildman–Crippen LogP) is 3.72. The van der Waals surface area contributed by atoms with E-state index < -0.39 is 0 Å². The van der Waals surface area contributed by atoms with E-state index in [0.29, 0.717) is 21.7 Å². The van der Waals surface area contributed by atoms with E-state index in [0.717, 1.165) is 6.42 Å². The summed E-state index contributed by atoms with van der Waals surface area (Å²) >= 11 is 12.1. The SMILES string of the molecule is CC(Cc1ccccc1)Nc1nc(NN)c(Cl)cc1Cl. The fourth-order valence-corrected chi connectivity index (χ4v) is 2.39. The molecule has 106 valence electrons. The zero-order valence-corrected chi connectivity index (χ0v) is 12.5. The maximum atomic E-state index is 6.13. The fourth-order valence-electron chi connectivity index (χ4n) is 1.92. The van der Waals surface area contributed by atoms with Crippen LogP contribution >= 0.6 is 23.2 Å². The first-order valence-electron chi connectivity index (χ1n) is 6.23. The number of nitrogens with zero attached hydrogens (tertiary/aromatic N) is 1. The van der Waals surface area contributed by atoms with Crippen LogP contribution in [0.1, 0.15) is 12.5 Å². The number of benzene rings is 1. The standard InChI is InChI=1S/C14H16Cl2N4/c1-9(7-10-5-3-2-4-6-10)18-13-11(15)8-12(16)14(19-13)20-17/h2-6,8-9H,7,17H2,1H3,(H2,18,19,20). The van der Waals surface area contributed by atoms with E-state index in [4.69, 9.17) is 29.0 Å². The van der Waals surface area contributed by atoms with Crippen molar-refractivity contribution in [3.8, 4) is 0 Å². The molecule has 0 radical (unpaired) electrons. The first kappa shape index (κ1) is 14.9. The minimum Gasteiger partial charge on any atom is -0.366 e. The molecular weight excluding hydrogens is 295 g/mol. The number of hydrogen-bond acceptors (Lipinski definition) is 4. The third-order valence-electron chi connectivity index (χ3n) is 2.83. The van der Waals surface area contributed by atoms with Gasteiger partial charge >= 0.3 is 0 Å². The molecule has 1 atom stereocenters. The lowest BCUT2D eigenvalue weighted by Gasteiger charge is -2.16. The maximum Gasteiger partial charge on any atom is 0.161 e. The number of nitrogens with one attached hydrogen (secondary N) is 2. The van der Waals surface area contributed by atoms with E-state index in [-0.39, 0.29) is 6.04 Å². The molecule has 0 saturated carbocycles. The monoisotopic (exact) mass is 310 g/mol. The van der Waals surface area contributed by atoms with Gasteiger partial charge in [0.2, 0.25) is 0 Å². The molecule has 6 heteroatoms.